The number of benzene rings is 1. The topological polar surface area (TPSA) is 66.8 Å². The largest absolute Gasteiger partial charge is 0.480 e. The first-order valence-electron chi connectivity index (χ1n) is 7.20. The van der Waals surface area contributed by atoms with Gasteiger partial charge in [0.25, 0.3) is 0 Å². The van der Waals surface area contributed by atoms with Crippen molar-refractivity contribution in [3.05, 3.63) is 35.9 Å². The summed E-state index contributed by atoms with van der Waals surface area (Å²) in [6.45, 7) is 1.07. The van der Waals surface area contributed by atoms with E-state index in [2.05, 4.69) is 0 Å². The first kappa shape index (κ1) is 15.5. The summed E-state index contributed by atoms with van der Waals surface area (Å²) in [6, 6.07) is 8.52. The Kier molecular flexibility index (Phi) is 5.33. The van der Waals surface area contributed by atoms with Crippen LogP contribution in [0.25, 0.3) is 0 Å². The lowest BCUT2D eigenvalue weighted by Crippen LogP contribution is -2.47. The highest BCUT2D eigenvalue weighted by molar-refractivity contribution is 5.85. The SMILES string of the molecule is CN(C(=O)[C@@H]1CCCOC1)[C@@H](Cc1ccccc1)C(=O)O. The van der Waals surface area contributed by atoms with Crippen molar-refractivity contribution in [1.29, 1.82) is 0 Å². The van der Waals surface area contributed by atoms with Gasteiger partial charge in [0.05, 0.1) is 12.5 Å². The molecule has 1 aromatic rings. The fourth-order valence-electron chi connectivity index (χ4n) is 2.60. The fourth-order valence-corrected chi connectivity index (χ4v) is 2.60. The molecule has 2 rings (SSSR count). The van der Waals surface area contributed by atoms with Crippen LogP contribution in [0.15, 0.2) is 30.3 Å². The first-order valence-corrected chi connectivity index (χ1v) is 7.20. The van der Waals surface area contributed by atoms with Gasteiger partial charge in [0.15, 0.2) is 0 Å². The van der Waals surface area contributed by atoms with Gasteiger partial charge in [0.2, 0.25) is 5.91 Å². The van der Waals surface area contributed by atoms with E-state index in [4.69, 9.17) is 4.74 Å². The molecule has 0 radical (unpaired) electrons. The minimum Gasteiger partial charge on any atom is -0.480 e. The average Bonchev–Trinajstić information content (AvgIpc) is 2.53. The predicted octanol–water partition coefficient (Wildman–Crippen LogP) is 1.57. The Morgan fingerprint density at radius 1 is 1.38 bits per heavy atom. The molecule has 5 nitrogen and oxygen atoms in total. The van der Waals surface area contributed by atoms with Crippen molar-refractivity contribution in [2.24, 2.45) is 5.92 Å². The zero-order valence-corrected chi connectivity index (χ0v) is 12.2. The molecule has 1 aliphatic rings. The van der Waals surface area contributed by atoms with Crippen LogP contribution in [0.3, 0.4) is 0 Å². The third-order valence-corrected chi connectivity index (χ3v) is 3.88. The summed E-state index contributed by atoms with van der Waals surface area (Å²) in [7, 11) is 1.57. The van der Waals surface area contributed by atoms with Gasteiger partial charge < -0.3 is 14.7 Å². The van der Waals surface area contributed by atoms with Crippen LogP contribution in [0.5, 0.6) is 0 Å². The minimum absolute atomic E-state index is 0.141. The number of carbonyl (C=O) groups is 2. The normalized spacial score (nSPS) is 19.8. The monoisotopic (exact) mass is 291 g/mol. The summed E-state index contributed by atoms with van der Waals surface area (Å²) in [5.74, 6) is -1.34. The molecule has 0 spiro atoms. The van der Waals surface area contributed by atoms with Gasteiger partial charge in [-0.3, -0.25) is 4.79 Å². The second-order valence-corrected chi connectivity index (χ2v) is 5.41. The lowest BCUT2D eigenvalue weighted by atomic mass is 9.98. The number of likely N-dealkylation sites (N-methyl/N-ethyl adjacent to an activating group) is 1. The van der Waals surface area contributed by atoms with Gasteiger partial charge in [-0.05, 0) is 18.4 Å². The summed E-state index contributed by atoms with van der Waals surface area (Å²) in [6.07, 6.45) is 1.92. The Morgan fingerprint density at radius 3 is 2.67 bits per heavy atom. The molecule has 1 fully saturated rings. The van der Waals surface area contributed by atoms with Gasteiger partial charge in [-0.2, -0.15) is 0 Å². The van der Waals surface area contributed by atoms with Crippen molar-refractivity contribution in [2.45, 2.75) is 25.3 Å². The zero-order valence-electron chi connectivity index (χ0n) is 12.2. The first-order chi connectivity index (χ1) is 10.1. The van der Waals surface area contributed by atoms with Crippen molar-refractivity contribution < 1.29 is 19.4 Å². The van der Waals surface area contributed by atoms with E-state index in [-0.39, 0.29) is 11.8 Å². The summed E-state index contributed by atoms with van der Waals surface area (Å²) >= 11 is 0. The van der Waals surface area contributed by atoms with E-state index in [1.165, 1.54) is 4.90 Å². The van der Waals surface area contributed by atoms with E-state index in [0.29, 0.717) is 19.6 Å². The molecule has 0 aliphatic carbocycles. The Labute approximate surface area is 124 Å². The van der Waals surface area contributed by atoms with Gasteiger partial charge in [-0.1, -0.05) is 30.3 Å². The quantitative estimate of drug-likeness (QED) is 0.894. The Bertz CT molecular complexity index is 482. The average molecular weight is 291 g/mol. The Balaban J connectivity index is 2.06. The number of hydrogen-bond acceptors (Lipinski definition) is 3. The Hall–Kier alpha value is -1.88. The van der Waals surface area contributed by atoms with Crippen molar-refractivity contribution >= 4 is 11.9 Å². The third kappa shape index (κ3) is 4.04. The van der Waals surface area contributed by atoms with Crippen LogP contribution in [0.1, 0.15) is 18.4 Å². The standard InChI is InChI=1S/C16H21NO4/c1-17(15(18)13-8-5-9-21-11-13)14(16(19)20)10-12-6-3-2-4-7-12/h2-4,6-7,13-14H,5,8-11H2,1H3,(H,19,20)/t13-,14+/m1/s1. The van der Waals surface area contributed by atoms with Crippen LogP contribution in [-0.4, -0.2) is 48.2 Å². The molecule has 1 saturated heterocycles. The number of hydrogen-bond donors (Lipinski definition) is 1. The molecule has 5 heteroatoms. The van der Waals surface area contributed by atoms with Crippen molar-refractivity contribution in [3.8, 4) is 0 Å². The molecule has 0 unspecified atom stereocenters. The van der Waals surface area contributed by atoms with Gasteiger partial charge in [0, 0.05) is 20.1 Å². The number of nitrogens with zero attached hydrogens (tertiary/aromatic N) is 1. The lowest BCUT2D eigenvalue weighted by molar-refractivity contribution is -0.152. The van der Waals surface area contributed by atoms with Crippen LogP contribution >= 0.6 is 0 Å². The van der Waals surface area contributed by atoms with Crippen LogP contribution in [-0.2, 0) is 20.7 Å². The van der Waals surface area contributed by atoms with Crippen LogP contribution < -0.4 is 0 Å². The summed E-state index contributed by atoms with van der Waals surface area (Å²) in [5, 5.41) is 9.43. The van der Waals surface area contributed by atoms with Crippen molar-refractivity contribution in [2.75, 3.05) is 20.3 Å². The number of carbonyl (C=O) groups excluding carboxylic acids is 1. The number of carboxylic acids is 1. The number of ether oxygens (including phenoxy) is 1. The molecule has 1 aliphatic heterocycles. The summed E-state index contributed by atoms with van der Waals surface area (Å²) in [5.41, 5.74) is 0.907. The summed E-state index contributed by atoms with van der Waals surface area (Å²) < 4.78 is 5.32. The van der Waals surface area contributed by atoms with Gasteiger partial charge >= 0.3 is 5.97 Å². The van der Waals surface area contributed by atoms with E-state index in [0.717, 1.165) is 18.4 Å². The molecule has 114 valence electrons. The molecule has 0 saturated carbocycles. The van der Waals surface area contributed by atoms with Crippen molar-refractivity contribution in [3.63, 3.8) is 0 Å². The smallest absolute Gasteiger partial charge is 0.326 e. The van der Waals surface area contributed by atoms with E-state index in [9.17, 15) is 14.7 Å². The molecule has 0 bridgehead atoms. The molecule has 0 aromatic heterocycles. The summed E-state index contributed by atoms with van der Waals surface area (Å²) in [4.78, 5) is 25.3. The van der Waals surface area contributed by atoms with E-state index < -0.39 is 12.0 Å². The number of rotatable bonds is 5. The van der Waals surface area contributed by atoms with Crippen LogP contribution in [0, 0.1) is 5.92 Å². The number of amides is 1. The lowest BCUT2D eigenvalue weighted by Gasteiger charge is -2.30. The van der Waals surface area contributed by atoms with Gasteiger partial charge in [0.1, 0.15) is 6.04 Å². The van der Waals surface area contributed by atoms with E-state index in [1.54, 1.807) is 7.05 Å². The van der Waals surface area contributed by atoms with Gasteiger partial charge in [-0.25, -0.2) is 4.79 Å². The molecule has 1 heterocycles. The number of carboxylic acid groups (broad SMARTS) is 1. The molecular weight excluding hydrogens is 270 g/mol. The van der Waals surface area contributed by atoms with E-state index >= 15 is 0 Å². The molecule has 1 N–H and O–H groups in total. The second kappa shape index (κ2) is 7.22. The highest BCUT2D eigenvalue weighted by Crippen LogP contribution is 2.18. The Morgan fingerprint density at radius 2 is 2.10 bits per heavy atom. The highest BCUT2D eigenvalue weighted by Gasteiger charge is 2.32. The maximum atomic E-state index is 12.4. The maximum absolute atomic E-state index is 12.4. The minimum atomic E-state index is -0.980. The van der Waals surface area contributed by atoms with Gasteiger partial charge in [-0.15, -0.1) is 0 Å². The van der Waals surface area contributed by atoms with Crippen LogP contribution in [0.4, 0.5) is 0 Å². The molecule has 1 aromatic carbocycles. The highest BCUT2D eigenvalue weighted by atomic mass is 16.5. The second-order valence-electron chi connectivity index (χ2n) is 5.41. The molecular formula is C16H21NO4. The van der Waals surface area contributed by atoms with Crippen molar-refractivity contribution in [1.82, 2.24) is 4.90 Å². The predicted molar refractivity (Wildman–Crippen MR) is 77.9 cm³/mol. The fraction of sp³-hybridized carbons (Fsp3) is 0.500. The molecule has 1 amide bonds. The van der Waals surface area contributed by atoms with E-state index in [1.807, 2.05) is 30.3 Å². The maximum Gasteiger partial charge on any atom is 0.326 e. The molecule has 2 atom stereocenters. The number of aliphatic carboxylic acids is 1. The van der Waals surface area contributed by atoms with Crippen LogP contribution in [0.2, 0.25) is 0 Å². The molecule has 21 heavy (non-hydrogen) atoms. The zero-order chi connectivity index (χ0) is 15.2. The third-order valence-electron chi connectivity index (χ3n) is 3.88.